The van der Waals surface area contributed by atoms with Crippen LogP contribution in [-0.2, 0) is 20.8 Å². The molecule has 23 heavy (non-hydrogen) atoms. The number of hydrogen-bond acceptors (Lipinski definition) is 4. The SMILES string of the molecule is CCC1CN(C)c2ccccc2CN1C(=O)COCCCOC. The number of carbonyl (C=O) groups excluding carboxylic acids is 1. The van der Waals surface area contributed by atoms with Crippen LogP contribution in [0.2, 0.25) is 0 Å². The van der Waals surface area contributed by atoms with E-state index in [9.17, 15) is 4.79 Å². The van der Waals surface area contributed by atoms with Gasteiger partial charge in [0.15, 0.2) is 0 Å². The summed E-state index contributed by atoms with van der Waals surface area (Å²) < 4.78 is 10.5. The van der Waals surface area contributed by atoms with Crippen molar-refractivity contribution >= 4 is 11.6 Å². The average Bonchev–Trinajstić information content (AvgIpc) is 2.71. The van der Waals surface area contributed by atoms with E-state index in [1.807, 2.05) is 17.0 Å². The Bertz CT molecular complexity index is 507. The molecule has 1 aromatic rings. The monoisotopic (exact) mass is 320 g/mol. The molecule has 0 saturated carbocycles. The van der Waals surface area contributed by atoms with Gasteiger partial charge in [-0.05, 0) is 24.5 Å². The van der Waals surface area contributed by atoms with E-state index >= 15 is 0 Å². The highest BCUT2D eigenvalue weighted by Crippen LogP contribution is 2.27. The van der Waals surface area contributed by atoms with Gasteiger partial charge in [-0.2, -0.15) is 0 Å². The normalized spacial score (nSPS) is 17.8. The third-order valence-electron chi connectivity index (χ3n) is 4.32. The molecule has 0 fully saturated rings. The molecule has 1 atom stereocenters. The number of fused-ring (bicyclic) bond motifs is 1. The highest BCUT2D eigenvalue weighted by molar-refractivity contribution is 5.78. The molecule has 0 spiro atoms. The first kappa shape index (κ1) is 17.8. The Morgan fingerprint density at radius 2 is 2.09 bits per heavy atom. The first-order valence-corrected chi connectivity index (χ1v) is 8.32. The predicted molar refractivity (Wildman–Crippen MR) is 91.7 cm³/mol. The van der Waals surface area contributed by atoms with Gasteiger partial charge >= 0.3 is 0 Å². The molecule has 1 aromatic carbocycles. The van der Waals surface area contributed by atoms with E-state index in [1.54, 1.807) is 7.11 Å². The number of carbonyl (C=O) groups is 1. The molecule has 0 saturated heterocycles. The highest BCUT2D eigenvalue weighted by Gasteiger charge is 2.28. The number of likely N-dealkylation sites (N-methyl/N-ethyl adjacent to an activating group) is 1. The summed E-state index contributed by atoms with van der Waals surface area (Å²) in [6, 6.07) is 8.51. The van der Waals surface area contributed by atoms with Gasteiger partial charge in [0.05, 0.1) is 0 Å². The fraction of sp³-hybridized carbons (Fsp3) is 0.611. The molecule has 1 amide bonds. The number of rotatable bonds is 7. The Morgan fingerprint density at radius 3 is 2.83 bits per heavy atom. The van der Waals surface area contributed by atoms with Crippen molar-refractivity contribution in [1.82, 2.24) is 4.90 Å². The van der Waals surface area contributed by atoms with Crippen LogP contribution in [0.4, 0.5) is 5.69 Å². The first-order chi connectivity index (χ1) is 11.2. The maximum Gasteiger partial charge on any atom is 0.249 e. The maximum absolute atomic E-state index is 12.6. The smallest absolute Gasteiger partial charge is 0.249 e. The Labute approximate surface area is 139 Å². The van der Waals surface area contributed by atoms with Crippen LogP contribution in [0.15, 0.2) is 24.3 Å². The third-order valence-corrected chi connectivity index (χ3v) is 4.32. The van der Waals surface area contributed by atoms with Crippen molar-refractivity contribution in [3.63, 3.8) is 0 Å². The fourth-order valence-electron chi connectivity index (χ4n) is 3.03. The molecule has 0 bridgehead atoms. The Kier molecular flexibility index (Phi) is 6.86. The molecule has 0 N–H and O–H groups in total. The quantitative estimate of drug-likeness (QED) is 0.723. The minimum absolute atomic E-state index is 0.0689. The van der Waals surface area contributed by atoms with Gasteiger partial charge in [0.25, 0.3) is 0 Å². The van der Waals surface area contributed by atoms with Crippen molar-refractivity contribution in [2.24, 2.45) is 0 Å². The van der Waals surface area contributed by atoms with E-state index in [1.165, 1.54) is 11.3 Å². The van der Waals surface area contributed by atoms with Crippen LogP contribution in [0.25, 0.3) is 0 Å². The summed E-state index contributed by atoms with van der Waals surface area (Å²) in [5, 5.41) is 0. The van der Waals surface area contributed by atoms with E-state index < -0.39 is 0 Å². The van der Waals surface area contributed by atoms with Crippen molar-refractivity contribution in [1.29, 1.82) is 0 Å². The van der Waals surface area contributed by atoms with E-state index in [4.69, 9.17) is 9.47 Å². The van der Waals surface area contributed by atoms with Crippen LogP contribution >= 0.6 is 0 Å². The molecule has 0 aromatic heterocycles. The zero-order chi connectivity index (χ0) is 16.7. The zero-order valence-electron chi connectivity index (χ0n) is 14.5. The summed E-state index contributed by atoms with van der Waals surface area (Å²) in [6.45, 7) is 5.00. The zero-order valence-corrected chi connectivity index (χ0v) is 14.5. The second-order valence-electron chi connectivity index (χ2n) is 5.99. The molecule has 0 aliphatic carbocycles. The van der Waals surface area contributed by atoms with Gasteiger partial charge in [0.2, 0.25) is 5.91 Å². The lowest BCUT2D eigenvalue weighted by atomic mass is 10.1. The van der Waals surface area contributed by atoms with Gasteiger partial charge < -0.3 is 19.3 Å². The summed E-state index contributed by atoms with van der Waals surface area (Å²) in [7, 11) is 3.76. The van der Waals surface area contributed by atoms with Crippen LogP contribution in [0.1, 0.15) is 25.3 Å². The number of benzene rings is 1. The second-order valence-corrected chi connectivity index (χ2v) is 5.99. The summed E-state index contributed by atoms with van der Waals surface area (Å²) in [5.41, 5.74) is 2.40. The Hall–Kier alpha value is -1.59. The largest absolute Gasteiger partial charge is 0.385 e. The molecule has 1 aliphatic rings. The van der Waals surface area contributed by atoms with Crippen LogP contribution in [0.5, 0.6) is 0 Å². The van der Waals surface area contributed by atoms with Gasteiger partial charge in [0.1, 0.15) is 6.61 Å². The molecule has 5 nitrogen and oxygen atoms in total. The maximum atomic E-state index is 12.6. The molecule has 5 heteroatoms. The van der Waals surface area contributed by atoms with Crippen molar-refractivity contribution in [3.05, 3.63) is 29.8 Å². The van der Waals surface area contributed by atoms with Crippen LogP contribution in [0.3, 0.4) is 0 Å². The van der Waals surface area contributed by atoms with E-state index in [-0.39, 0.29) is 18.6 Å². The first-order valence-electron chi connectivity index (χ1n) is 8.32. The van der Waals surface area contributed by atoms with Crippen LogP contribution in [-0.4, -0.2) is 57.4 Å². The van der Waals surface area contributed by atoms with E-state index in [2.05, 4.69) is 31.0 Å². The average molecular weight is 320 g/mol. The standard InChI is InChI=1S/C18H28N2O3/c1-4-16-13-19(2)17-9-6-5-8-15(17)12-20(16)18(21)14-23-11-7-10-22-3/h5-6,8-9,16H,4,7,10-14H2,1-3H3. The molecular formula is C18H28N2O3. The van der Waals surface area contributed by atoms with Crippen molar-refractivity contribution in [2.75, 3.05) is 45.4 Å². The molecule has 0 radical (unpaired) electrons. The summed E-state index contributed by atoms with van der Waals surface area (Å²) in [5.74, 6) is 0.0689. The summed E-state index contributed by atoms with van der Waals surface area (Å²) >= 11 is 0. The number of hydrogen-bond donors (Lipinski definition) is 0. The summed E-state index contributed by atoms with van der Waals surface area (Å²) in [4.78, 5) is 16.8. The molecule has 1 unspecified atom stereocenters. The van der Waals surface area contributed by atoms with Crippen LogP contribution < -0.4 is 4.90 Å². The fourth-order valence-corrected chi connectivity index (χ4v) is 3.03. The highest BCUT2D eigenvalue weighted by atomic mass is 16.5. The molecule has 1 heterocycles. The van der Waals surface area contributed by atoms with Gasteiger partial charge in [0, 0.05) is 52.2 Å². The number of para-hydroxylation sites is 1. The van der Waals surface area contributed by atoms with Gasteiger partial charge in [-0.1, -0.05) is 25.1 Å². The Morgan fingerprint density at radius 1 is 1.30 bits per heavy atom. The number of nitrogens with zero attached hydrogens (tertiary/aromatic N) is 2. The lowest BCUT2D eigenvalue weighted by Crippen LogP contribution is -2.45. The Balaban J connectivity index is 2.02. The molecule has 128 valence electrons. The van der Waals surface area contributed by atoms with Gasteiger partial charge in [-0.15, -0.1) is 0 Å². The molecular weight excluding hydrogens is 292 g/mol. The van der Waals surface area contributed by atoms with Crippen molar-refractivity contribution in [3.8, 4) is 0 Å². The van der Waals surface area contributed by atoms with E-state index in [0.717, 1.165) is 19.4 Å². The second kappa shape index (κ2) is 8.89. The van der Waals surface area contributed by atoms with Gasteiger partial charge in [-0.25, -0.2) is 0 Å². The predicted octanol–water partition coefficient (Wildman–Crippen LogP) is 2.30. The van der Waals surface area contributed by atoms with Crippen molar-refractivity contribution < 1.29 is 14.3 Å². The number of ether oxygens (including phenoxy) is 2. The van der Waals surface area contributed by atoms with Gasteiger partial charge in [-0.3, -0.25) is 4.79 Å². The molecule has 2 rings (SSSR count). The number of amides is 1. The number of anilines is 1. The number of methoxy groups -OCH3 is 1. The lowest BCUT2D eigenvalue weighted by molar-refractivity contribution is -0.139. The van der Waals surface area contributed by atoms with Crippen molar-refractivity contribution in [2.45, 2.75) is 32.4 Å². The summed E-state index contributed by atoms with van der Waals surface area (Å²) in [6.07, 6.45) is 1.75. The van der Waals surface area contributed by atoms with Crippen LogP contribution in [0, 0.1) is 0 Å². The minimum atomic E-state index is 0.0689. The minimum Gasteiger partial charge on any atom is -0.385 e. The lowest BCUT2D eigenvalue weighted by Gasteiger charge is -2.30. The third kappa shape index (κ3) is 4.69. The topological polar surface area (TPSA) is 42.0 Å². The van der Waals surface area contributed by atoms with E-state index in [0.29, 0.717) is 19.8 Å². The molecule has 1 aliphatic heterocycles.